The Hall–Kier alpha value is -0.910. The number of benzene rings is 1. The zero-order valence-corrected chi connectivity index (χ0v) is 32.5. The van der Waals surface area contributed by atoms with Crippen LogP contribution < -0.4 is 0 Å². The zero-order chi connectivity index (χ0) is 34.7. The summed E-state index contributed by atoms with van der Waals surface area (Å²) in [6, 6.07) is 7.36. The first-order chi connectivity index (χ1) is 22.8. The lowest BCUT2D eigenvalue weighted by Gasteiger charge is -2.16. The van der Waals surface area contributed by atoms with Crippen LogP contribution in [-0.2, 0) is 29.7 Å². The third-order valence-electron chi connectivity index (χ3n) is 9.75. The molecule has 1 rings (SSSR count). The van der Waals surface area contributed by atoms with Crippen LogP contribution in [0.5, 0.6) is 0 Å². The molecule has 278 valence electrons. The van der Waals surface area contributed by atoms with Crippen LogP contribution in [0.15, 0.2) is 18.2 Å². The van der Waals surface area contributed by atoms with Gasteiger partial charge in [-0.3, -0.25) is 9.11 Å². The minimum Gasteiger partial charge on any atom is -0.264 e. The molecule has 0 saturated heterocycles. The second-order valence-electron chi connectivity index (χ2n) is 14.3. The molecule has 4 nitrogen and oxygen atoms in total. The van der Waals surface area contributed by atoms with Gasteiger partial charge in [0, 0.05) is 0 Å². The van der Waals surface area contributed by atoms with E-state index in [0.717, 1.165) is 0 Å². The van der Waals surface area contributed by atoms with E-state index < -0.39 is 10.4 Å². The highest BCUT2D eigenvalue weighted by Crippen LogP contribution is 2.24. The minimum absolute atomic E-state index is 1.31. The molecule has 2 N–H and O–H groups in total. The van der Waals surface area contributed by atoms with Gasteiger partial charge in [-0.25, -0.2) is 0 Å². The Bertz CT molecular complexity index is 832. The summed E-state index contributed by atoms with van der Waals surface area (Å²) in [5, 5.41) is 0. The fraction of sp³-hybridized carbons (Fsp3) is 0.857. The van der Waals surface area contributed by atoms with E-state index in [1.807, 2.05) is 0 Å². The van der Waals surface area contributed by atoms with Crippen LogP contribution >= 0.6 is 0 Å². The SMILES string of the molecule is CCCCCCCCCCCCc1cccc(CCCCCCCCCCCC)c1CCCCCCCCCCCC.O=S(=O)(O)O. The van der Waals surface area contributed by atoms with E-state index in [-0.39, 0.29) is 0 Å². The second-order valence-corrected chi connectivity index (χ2v) is 15.2. The maximum absolute atomic E-state index is 8.74. The van der Waals surface area contributed by atoms with E-state index >= 15 is 0 Å². The monoisotopic (exact) mass is 681 g/mol. The van der Waals surface area contributed by atoms with Crippen molar-refractivity contribution in [3.63, 3.8) is 0 Å². The molecule has 0 spiro atoms. The molecule has 0 heterocycles. The van der Waals surface area contributed by atoms with E-state index in [2.05, 4.69) is 39.0 Å². The molecule has 0 aromatic heterocycles. The van der Waals surface area contributed by atoms with Crippen LogP contribution in [0, 0.1) is 0 Å². The first kappa shape index (κ1) is 46.1. The summed E-state index contributed by atoms with van der Waals surface area (Å²) in [7, 11) is -4.67. The van der Waals surface area contributed by atoms with Gasteiger partial charge in [0.15, 0.2) is 0 Å². The molecule has 0 radical (unpaired) electrons. The summed E-state index contributed by atoms with van der Waals surface area (Å²) in [4.78, 5) is 0. The van der Waals surface area contributed by atoms with Crippen molar-refractivity contribution >= 4 is 10.4 Å². The molecule has 0 bridgehead atoms. The van der Waals surface area contributed by atoms with E-state index in [1.54, 1.807) is 16.7 Å². The Balaban J connectivity index is 0.00000391. The lowest BCUT2D eigenvalue weighted by Crippen LogP contribution is -2.02. The van der Waals surface area contributed by atoms with Gasteiger partial charge in [-0.2, -0.15) is 8.42 Å². The highest BCUT2D eigenvalue weighted by molar-refractivity contribution is 7.79. The molecule has 0 unspecified atom stereocenters. The Labute approximate surface area is 294 Å². The molecular weight excluding hydrogens is 601 g/mol. The topological polar surface area (TPSA) is 74.6 Å². The van der Waals surface area contributed by atoms with E-state index in [0.29, 0.717) is 0 Å². The number of aryl methyl sites for hydroxylation is 2. The van der Waals surface area contributed by atoms with E-state index in [1.165, 1.54) is 212 Å². The van der Waals surface area contributed by atoms with E-state index in [9.17, 15) is 0 Å². The van der Waals surface area contributed by atoms with Crippen LogP contribution in [0.25, 0.3) is 0 Å². The largest absolute Gasteiger partial charge is 0.394 e. The van der Waals surface area contributed by atoms with Crippen LogP contribution in [0.2, 0.25) is 0 Å². The molecule has 0 fully saturated rings. The van der Waals surface area contributed by atoms with Gasteiger partial charge >= 0.3 is 10.4 Å². The first-order valence-corrected chi connectivity index (χ1v) is 22.0. The van der Waals surface area contributed by atoms with Gasteiger partial charge in [0.2, 0.25) is 0 Å². The molecule has 5 heteroatoms. The molecule has 47 heavy (non-hydrogen) atoms. The Kier molecular flexibility index (Phi) is 34.3. The van der Waals surface area contributed by atoms with Gasteiger partial charge in [0.1, 0.15) is 0 Å². The summed E-state index contributed by atoms with van der Waals surface area (Å²) in [6.45, 7) is 6.95. The Morgan fingerprint density at radius 2 is 0.596 bits per heavy atom. The van der Waals surface area contributed by atoms with Gasteiger partial charge < -0.3 is 0 Å². The van der Waals surface area contributed by atoms with Crippen molar-refractivity contribution in [1.82, 2.24) is 0 Å². The molecule has 0 aliphatic heterocycles. The van der Waals surface area contributed by atoms with Crippen molar-refractivity contribution in [2.75, 3.05) is 0 Å². The quantitative estimate of drug-likeness (QED) is 0.0572. The first-order valence-electron chi connectivity index (χ1n) is 20.6. The third-order valence-corrected chi connectivity index (χ3v) is 9.75. The maximum Gasteiger partial charge on any atom is 0.394 e. The Morgan fingerprint density at radius 3 is 0.851 bits per heavy atom. The predicted octanol–water partition coefficient (Wildman–Crippen LogP) is 14.4. The minimum atomic E-state index is -4.67. The molecule has 0 saturated carbocycles. The number of rotatable bonds is 33. The molecule has 0 amide bonds. The predicted molar refractivity (Wildman–Crippen MR) is 207 cm³/mol. The summed E-state index contributed by atoms with van der Waals surface area (Å²) in [5.41, 5.74) is 5.18. The fourth-order valence-corrected chi connectivity index (χ4v) is 6.87. The van der Waals surface area contributed by atoms with Crippen molar-refractivity contribution in [1.29, 1.82) is 0 Å². The van der Waals surface area contributed by atoms with Crippen LogP contribution in [0.1, 0.15) is 230 Å². The smallest absolute Gasteiger partial charge is 0.264 e. The fourth-order valence-electron chi connectivity index (χ4n) is 6.87. The summed E-state index contributed by atoms with van der Waals surface area (Å²) in [5.74, 6) is 0. The molecule has 1 aromatic carbocycles. The molecule has 0 aliphatic carbocycles. The summed E-state index contributed by atoms with van der Waals surface area (Å²) >= 11 is 0. The molecule has 1 aromatic rings. The Morgan fingerprint density at radius 1 is 0.383 bits per heavy atom. The normalized spacial score (nSPS) is 11.5. The number of unbranched alkanes of at least 4 members (excludes halogenated alkanes) is 27. The van der Waals surface area contributed by atoms with Crippen LogP contribution in [-0.4, -0.2) is 17.5 Å². The summed E-state index contributed by atoms with van der Waals surface area (Å²) in [6.07, 6.45) is 47.0. The third kappa shape index (κ3) is 34.7. The lowest BCUT2D eigenvalue weighted by atomic mass is 9.90. The molecular formula is C42H80O4S. The standard InChI is InChI=1S/C42H78.H2O4S/c1-4-7-10-13-16-19-22-25-28-31-35-40-37-34-38-41(36-32-29-26-23-20-17-14-11-8-5-2)42(40)39-33-30-27-24-21-18-15-12-9-6-3;1-5(2,3)4/h34,37-38H,4-33,35-36,39H2,1-3H3;(H2,1,2,3,4). The maximum atomic E-state index is 8.74. The molecule has 0 aliphatic rings. The molecule has 0 atom stereocenters. The second kappa shape index (κ2) is 34.9. The van der Waals surface area contributed by atoms with Crippen LogP contribution in [0.4, 0.5) is 0 Å². The number of hydrogen-bond acceptors (Lipinski definition) is 2. The van der Waals surface area contributed by atoms with Gasteiger partial charge in [0.05, 0.1) is 0 Å². The van der Waals surface area contributed by atoms with Crippen molar-refractivity contribution in [2.45, 2.75) is 233 Å². The average molecular weight is 681 g/mol. The van der Waals surface area contributed by atoms with Gasteiger partial charge in [-0.1, -0.05) is 212 Å². The van der Waals surface area contributed by atoms with Crippen molar-refractivity contribution < 1.29 is 17.5 Å². The van der Waals surface area contributed by atoms with Crippen molar-refractivity contribution in [2.24, 2.45) is 0 Å². The van der Waals surface area contributed by atoms with Gasteiger partial charge in [0.25, 0.3) is 0 Å². The highest BCUT2D eigenvalue weighted by atomic mass is 32.3. The van der Waals surface area contributed by atoms with Crippen molar-refractivity contribution in [3.8, 4) is 0 Å². The van der Waals surface area contributed by atoms with Gasteiger partial charge in [-0.05, 0) is 55.2 Å². The summed E-state index contributed by atoms with van der Waals surface area (Å²) < 4.78 is 31.6. The van der Waals surface area contributed by atoms with Crippen molar-refractivity contribution in [3.05, 3.63) is 34.9 Å². The average Bonchev–Trinajstić information content (AvgIpc) is 3.03. The van der Waals surface area contributed by atoms with E-state index in [4.69, 9.17) is 17.5 Å². The zero-order valence-electron chi connectivity index (χ0n) is 31.7. The number of hydrogen-bond donors (Lipinski definition) is 2. The van der Waals surface area contributed by atoms with Gasteiger partial charge in [-0.15, -0.1) is 0 Å². The lowest BCUT2D eigenvalue weighted by molar-refractivity contribution is 0.381. The van der Waals surface area contributed by atoms with Crippen LogP contribution in [0.3, 0.4) is 0 Å². The highest BCUT2D eigenvalue weighted by Gasteiger charge is 2.09.